The predicted molar refractivity (Wildman–Crippen MR) is 159 cm³/mol. The summed E-state index contributed by atoms with van der Waals surface area (Å²) in [5.74, 6) is -0.314. The minimum atomic E-state index is -4.80. The number of imidazole rings is 1. The number of benzene rings is 4. The van der Waals surface area contributed by atoms with Crippen molar-refractivity contribution in [3.05, 3.63) is 108 Å². The van der Waals surface area contributed by atoms with Crippen LogP contribution in [0.3, 0.4) is 0 Å². The van der Waals surface area contributed by atoms with E-state index in [1.165, 1.54) is 31.4 Å². The largest absolute Gasteiger partial charge is 0.573 e. The molecular weight excluding hydrogens is 591 g/mol. The molecule has 1 amide bonds. The molecule has 1 aromatic heterocycles. The number of amides is 1. The monoisotopic (exact) mass is 619 g/mol. The molecule has 0 fully saturated rings. The first-order valence-electron chi connectivity index (χ1n) is 13.8. The number of ether oxygens (including phenoxy) is 3. The number of aliphatic carboxylic acids is 1. The molecule has 4 aromatic carbocycles. The summed E-state index contributed by atoms with van der Waals surface area (Å²) in [4.78, 5) is 28.3. The van der Waals surface area contributed by atoms with Crippen molar-refractivity contribution in [2.45, 2.75) is 25.9 Å². The number of hydrogen-bond donors (Lipinski definition) is 2. The van der Waals surface area contributed by atoms with Gasteiger partial charge in [0.15, 0.2) is 11.5 Å². The summed E-state index contributed by atoms with van der Waals surface area (Å²) >= 11 is 0. The lowest BCUT2D eigenvalue weighted by Gasteiger charge is -2.14. The number of carboxylic acid groups (broad SMARTS) is 1. The summed E-state index contributed by atoms with van der Waals surface area (Å²) in [5, 5.41) is 11.4. The lowest BCUT2D eigenvalue weighted by Crippen LogP contribution is -2.25. The number of halogens is 3. The van der Waals surface area contributed by atoms with E-state index in [4.69, 9.17) is 19.6 Å². The molecule has 232 valence electrons. The van der Waals surface area contributed by atoms with Gasteiger partial charge >= 0.3 is 12.3 Å². The molecule has 2 N–H and O–H groups in total. The van der Waals surface area contributed by atoms with Crippen LogP contribution in [0.15, 0.2) is 91.0 Å². The highest BCUT2D eigenvalue weighted by Crippen LogP contribution is 2.35. The van der Waals surface area contributed by atoms with Crippen molar-refractivity contribution in [3.63, 3.8) is 0 Å². The van der Waals surface area contributed by atoms with Crippen molar-refractivity contribution in [1.82, 2.24) is 14.9 Å². The number of carbonyl (C=O) groups is 2. The fourth-order valence-electron chi connectivity index (χ4n) is 4.68. The van der Waals surface area contributed by atoms with E-state index in [0.29, 0.717) is 51.7 Å². The molecular formula is C33H28F3N3O6. The SMILES string of the molecule is COc1cc(-c2nc3cc(C(=O)NCCC(=O)O)ccc3n2Cc2ccc(OC(F)(F)F)cc2)ccc1OCc1ccccc1. The number of carboxylic acids is 1. The smallest absolute Gasteiger partial charge is 0.493 e. The van der Waals surface area contributed by atoms with Crippen molar-refractivity contribution in [3.8, 4) is 28.6 Å². The second kappa shape index (κ2) is 13.4. The first-order valence-corrected chi connectivity index (χ1v) is 13.8. The van der Waals surface area contributed by atoms with Crippen LogP contribution in [0, 0.1) is 0 Å². The van der Waals surface area contributed by atoms with Crippen molar-refractivity contribution in [1.29, 1.82) is 0 Å². The van der Waals surface area contributed by atoms with Crippen molar-refractivity contribution < 1.29 is 42.1 Å². The first kappa shape index (κ1) is 30.9. The molecule has 0 bridgehead atoms. The van der Waals surface area contributed by atoms with Crippen LogP contribution in [-0.4, -0.2) is 46.6 Å². The average Bonchev–Trinajstić information content (AvgIpc) is 3.37. The van der Waals surface area contributed by atoms with Crippen LogP contribution in [0.5, 0.6) is 17.2 Å². The summed E-state index contributed by atoms with van der Waals surface area (Å²) in [6.07, 6.45) is -5.02. The van der Waals surface area contributed by atoms with Gasteiger partial charge in [0.25, 0.3) is 5.91 Å². The Bertz CT molecular complexity index is 1810. The molecule has 0 spiro atoms. The number of aromatic nitrogens is 2. The Kier molecular flexibility index (Phi) is 9.22. The van der Waals surface area contributed by atoms with E-state index in [1.54, 1.807) is 30.3 Å². The Morgan fingerprint density at radius 3 is 2.36 bits per heavy atom. The number of nitrogens with one attached hydrogen (secondary N) is 1. The van der Waals surface area contributed by atoms with E-state index >= 15 is 0 Å². The molecule has 1 heterocycles. The average molecular weight is 620 g/mol. The van der Waals surface area contributed by atoms with Gasteiger partial charge in [-0.25, -0.2) is 4.98 Å². The van der Waals surface area contributed by atoms with Crippen LogP contribution in [0.1, 0.15) is 27.9 Å². The lowest BCUT2D eigenvalue weighted by molar-refractivity contribution is -0.274. The molecule has 0 atom stereocenters. The van der Waals surface area contributed by atoms with E-state index in [9.17, 15) is 22.8 Å². The molecule has 45 heavy (non-hydrogen) atoms. The van der Waals surface area contributed by atoms with E-state index in [-0.39, 0.29) is 25.3 Å². The Morgan fingerprint density at radius 1 is 0.911 bits per heavy atom. The van der Waals surface area contributed by atoms with Gasteiger partial charge in [0, 0.05) is 24.2 Å². The molecule has 0 saturated carbocycles. The van der Waals surface area contributed by atoms with Gasteiger partial charge in [-0.1, -0.05) is 42.5 Å². The molecule has 0 aliphatic carbocycles. The fourth-order valence-corrected chi connectivity index (χ4v) is 4.68. The molecule has 12 heteroatoms. The van der Waals surface area contributed by atoms with Gasteiger partial charge in [0.2, 0.25) is 0 Å². The van der Waals surface area contributed by atoms with Gasteiger partial charge in [-0.15, -0.1) is 13.2 Å². The highest BCUT2D eigenvalue weighted by atomic mass is 19.4. The van der Waals surface area contributed by atoms with Crippen molar-refractivity contribution in [2.24, 2.45) is 0 Å². The molecule has 5 aromatic rings. The topological polar surface area (TPSA) is 112 Å². The number of hydrogen-bond acceptors (Lipinski definition) is 6. The van der Waals surface area contributed by atoms with Gasteiger partial charge in [-0.3, -0.25) is 9.59 Å². The zero-order valence-corrected chi connectivity index (χ0v) is 24.0. The van der Waals surface area contributed by atoms with Crippen LogP contribution in [0.2, 0.25) is 0 Å². The number of methoxy groups -OCH3 is 1. The number of carbonyl (C=O) groups excluding carboxylic acids is 1. The van der Waals surface area contributed by atoms with Crippen LogP contribution in [0.25, 0.3) is 22.4 Å². The third kappa shape index (κ3) is 7.91. The number of rotatable bonds is 12. The number of nitrogens with zero attached hydrogens (tertiary/aromatic N) is 2. The van der Waals surface area contributed by atoms with Gasteiger partial charge in [0.1, 0.15) is 18.2 Å². The minimum Gasteiger partial charge on any atom is -0.493 e. The molecule has 5 rings (SSSR count). The Hall–Kier alpha value is -5.52. The standard InChI is InChI=1S/C33H28F3N3O6/c1-43-29-18-23(10-14-28(29)44-20-22-5-3-2-4-6-22)31-38-26-17-24(32(42)37-16-15-30(40)41)9-13-27(26)39(31)19-21-7-11-25(12-8-21)45-33(34,35)36/h2-14,17-18H,15-16,19-20H2,1H3,(H,37,42)(H,40,41). The van der Waals surface area contributed by atoms with E-state index in [0.717, 1.165) is 5.56 Å². The Balaban J connectivity index is 1.49. The maximum Gasteiger partial charge on any atom is 0.573 e. The minimum absolute atomic E-state index is 0.0293. The van der Waals surface area contributed by atoms with Gasteiger partial charge in [-0.05, 0) is 59.7 Å². The quantitative estimate of drug-likeness (QED) is 0.165. The van der Waals surface area contributed by atoms with Crippen molar-refractivity contribution >= 4 is 22.9 Å². The van der Waals surface area contributed by atoms with Gasteiger partial charge < -0.3 is 29.2 Å². The maximum absolute atomic E-state index is 12.7. The van der Waals surface area contributed by atoms with Gasteiger partial charge in [0.05, 0.1) is 24.6 Å². The van der Waals surface area contributed by atoms with Crippen LogP contribution < -0.4 is 19.5 Å². The summed E-state index contributed by atoms with van der Waals surface area (Å²) in [6, 6.07) is 25.5. The summed E-state index contributed by atoms with van der Waals surface area (Å²) < 4.78 is 55.5. The Labute approximate surface area is 255 Å². The second-order valence-electron chi connectivity index (χ2n) is 9.96. The highest BCUT2D eigenvalue weighted by Gasteiger charge is 2.31. The predicted octanol–water partition coefficient (Wildman–Crippen LogP) is 6.44. The molecule has 9 nitrogen and oxygen atoms in total. The first-order chi connectivity index (χ1) is 21.6. The van der Waals surface area contributed by atoms with Crippen molar-refractivity contribution in [2.75, 3.05) is 13.7 Å². The number of fused-ring (bicyclic) bond motifs is 1. The third-order valence-corrected chi connectivity index (χ3v) is 6.79. The molecule has 0 saturated heterocycles. The van der Waals surface area contributed by atoms with Crippen LogP contribution in [0.4, 0.5) is 13.2 Å². The fraction of sp³-hybridized carbons (Fsp3) is 0.182. The zero-order chi connectivity index (χ0) is 32.0. The molecule has 0 aliphatic rings. The molecule has 0 aliphatic heterocycles. The Morgan fingerprint density at radius 2 is 1.67 bits per heavy atom. The third-order valence-electron chi connectivity index (χ3n) is 6.79. The summed E-state index contributed by atoms with van der Waals surface area (Å²) in [7, 11) is 1.53. The van der Waals surface area contributed by atoms with E-state index < -0.39 is 18.2 Å². The summed E-state index contributed by atoms with van der Waals surface area (Å²) in [5.41, 5.74) is 3.76. The van der Waals surface area contributed by atoms with E-state index in [2.05, 4.69) is 10.1 Å². The normalized spacial score (nSPS) is 11.3. The van der Waals surface area contributed by atoms with E-state index in [1.807, 2.05) is 41.0 Å². The highest BCUT2D eigenvalue weighted by molar-refractivity contribution is 5.98. The summed E-state index contributed by atoms with van der Waals surface area (Å²) in [6.45, 7) is 0.537. The number of alkyl halides is 3. The lowest BCUT2D eigenvalue weighted by atomic mass is 10.1. The second-order valence-corrected chi connectivity index (χ2v) is 9.96. The van der Waals surface area contributed by atoms with Gasteiger partial charge in [-0.2, -0.15) is 0 Å². The van der Waals surface area contributed by atoms with Crippen LogP contribution in [-0.2, 0) is 17.9 Å². The van der Waals surface area contributed by atoms with Crippen LogP contribution >= 0.6 is 0 Å². The zero-order valence-electron chi connectivity index (χ0n) is 24.0. The molecule has 0 radical (unpaired) electrons. The molecule has 0 unspecified atom stereocenters. The maximum atomic E-state index is 12.7.